The highest BCUT2D eigenvalue weighted by molar-refractivity contribution is 5.94. The summed E-state index contributed by atoms with van der Waals surface area (Å²) in [6.45, 7) is 11.9. The number of hydrogen-bond acceptors (Lipinski definition) is 3. The second-order valence-corrected chi connectivity index (χ2v) is 7.68. The zero-order valence-electron chi connectivity index (χ0n) is 15.6. The standard InChI is InChI=1S/C21H27N3O/c1-14(2)21(4,5)25-23-19-13-24(17-8-6-7-9-17)20-10-15(3)16(12-22)11-18(19)20/h10-11,13,17,23H,1,6-9H2,2-5H3. The monoisotopic (exact) mass is 337 g/mol. The van der Waals surface area contributed by atoms with E-state index in [1.54, 1.807) is 0 Å². The minimum Gasteiger partial charge on any atom is -0.342 e. The predicted molar refractivity (Wildman–Crippen MR) is 102 cm³/mol. The van der Waals surface area contributed by atoms with E-state index in [-0.39, 0.29) is 0 Å². The van der Waals surface area contributed by atoms with Gasteiger partial charge in [0, 0.05) is 17.6 Å². The normalized spacial score (nSPS) is 15.5. The van der Waals surface area contributed by atoms with Crippen molar-refractivity contribution in [1.29, 1.82) is 5.26 Å². The number of nitriles is 1. The topological polar surface area (TPSA) is 50.0 Å². The van der Waals surface area contributed by atoms with Crippen molar-refractivity contribution >= 4 is 16.6 Å². The summed E-state index contributed by atoms with van der Waals surface area (Å²) < 4.78 is 2.36. The number of fused-ring (bicyclic) bond motifs is 1. The van der Waals surface area contributed by atoms with Gasteiger partial charge < -0.3 is 4.57 Å². The Morgan fingerprint density at radius 2 is 2.04 bits per heavy atom. The molecule has 4 nitrogen and oxygen atoms in total. The van der Waals surface area contributed by atoms with Crippen LogP contribution in [0.3, 0.4) is 0 Å². The molecule has 1 aliphatic carbocycles. The zero-order chi connectivity index (χ0) is 18.2. The largest absolute Gasteiger partial charge is 0.342 e. The van der Waals surface area contributed by atoms with Crippen LogP contribution in [0.15, 0.2) is 30.5 Å². The summed E-state index contributed by atoms with van der Waals surface area (Å²) in [5, 5.41) is 10.4. The van der Waals surface area contributed by atoms with Gasteiger partial charge in [-0.05, 0) is 63.8 Å². The maximum absolute atomic E-state index is 9.40. The number of anilines is 1. The fourth-order valence-electron chi connectivity index (χ4n) is 3.36. The lowest BCUT2D eigenvalue weighted by molar-refractivity contribution is 0.0533. The van der Waals surface area contributed by atoms with Gasteiger partial charge in [-0.25, -0.2) is 0 Å². The van der Waals surface area contributed by atoms with Crippen molar-refractivity contribution in [3.63, 3.8) is 0 Å². The van der Waals surface area contributed by atoms with Crippen LogP contribution in [0.1, 0.15) is 63.6 Å². The van der Waals surface area contributed by atoms with E-state index in [4.69, 9.17) is 4.84 Å². The summed E-state index contributed by atoms with van der Waals surface area (Å²) in [7, 11) is 0. The van der Waals surface area contributed by atoms with E-state index in [0.717, 1.165) is 22.2 Å². The molecule has 0 radical (unpaired) electrons. The summed E-state index contributed by atoms with van der Waals surface area (Å²) in [4.78, 5) is 5.92. The Hall–Kier alpha value is -2.25. The molecule has 4 heteroatoms. The van der Waals surface area contributed by atoms with Crippen LogP contribution < -0.4 is 5.48 Å². The molecule has 1 fully saturated rings. The lowest BCUT2D eigenvalue weighted by Gasteiger charge is -2.25. The van der Waals surface area contributed by atoms with Gasteiger partial charge in [0.05, 0.1) is 22.8 Å². The third kappa shape index (κ3) is 3.29. The number of benzene rings is 1. The van der Waals surface area contributed by atoms with Crippen molar-refractivity contribution in [1.82, 2.24) is 4.57 Å². The minimum atomic E-state index is -0.468. The fourth-order valence-corrected chi connectivity index (χ4v) is 3.36. The first-order valence-corrected chi connectivity index (χ1v) is 8.99. The Kier molecular flexibility index (Phi) is 4.62. The Bertz CT molecular complexity index is 848. The molecule has 0 atom stereocenters. The highest BCUT2D eigenvalue weighted by Crippen LogP contribution is 2.37. The first-order chi connectivity index (χ1) is 11.8. The number of rotatable bonds is 5. The van der Waals surface area contributed by atoms with Crippen LogP contribution >= 0.6 is 0 Å². The van der Waals surface area contributed by atoms with E-state index in [1.807, 2.05) is 33.8 Å². The smallest absolute Gasteiger partial charge is 0.111 e. The van der Waals surface area contributed by atoms with Gasteiger partial charge in [0.1, 0.15) is 5.60 Å². The summed E-state index contributed by atoms with van der Waals surface area (Å²) in [5.41, 5.74) is 7.42. The quantitative estimate of drug-likeness (QED) is 0.568. The van der Waals surface area contributed by atoms with Crippen molar-refractivity contribution in [2.75, 3.05) is 5.48 Å². The van der Waals surface area contributed by atoms with Crippen molar-refractivity contribution in [3.8, 4) is 6.07 Å². The van der Waals surface area contributed by atoms with Crippen LogP contribution in [-0.4, -0.2) is 10.2 Å². The van der Waals surface area contributed by atoms with Crippen molar-refractivity contribution in [2.24, 2.45) is 0 Å². The second kappa shape index (κ2) is 6.57. The number of nitrogens with zero attached hydrogens (tertiary/aromatic N) is 2. The maximum atomic E-state index is 9.40. The van der Waals surface area contributed by atoms with Crippen molar-refractivity contribution in [3.05, 3.63) is 41.6 Å². The fraction of sp³-hybridized carbons (Fsp3) is 0.476. The Morgan fingerprint density at radius 3 is 2.64 bits per heavy atom. The first kappa shape index (κ1) is 17.6. The van der Waals surface area contributed by atoms with Gasteiger partial charge in [0.15, 0.2) is 0 Å². The van der Waals surface area contributed by atoms with Gasteiger partial charge in [-0.1, -0.05) is 19.4 Å². The molecule has 2 aromatic rings. The SMILES string of the molecule is C=C(C)C(C)(C)ONc1cn(C2CCCC2)c2cc(C)c(C#N)cc12. The van der Waals surface area contributed by atoms with Crippen LogP contribution in [0.2, 0.25) is 0 Å². The molecular weight excluding hydrogens is 310 g/mol. The summed E-state index contributed by atoms with van der Waals surface area (Å²) in [5.74, 6) is 0. The van der Waals surface area contributed by atoms with Crippen LogP contribution in [0.5, 0.6) is 0 Å². The molecule has 0 unspecified atom stereocenters. The van der Waals surface area contributed by atoms with Gasteiger partial charge in [-0.2, -0.15) is 5.26 Å². The predicted octanol–water partition coefficient (Wildman–Crippen LogP) is 5.63. The van der Waals surface area contributed by atoms with E-state index in [0.29, 0.717) is 11.6 Å². The average molecular weight is 337 g/mol. The Morgan fingerprint density at radius 1 is 1.36 bits per heavy atom. The molecule has 1 heterocycles. The van der Waals surface area contributed by atoms with Crippen molar-refractivity contribution in [2.45, 2.75) is 65.0 Å². The Balaban J connectivity index is 2.04. The third-order valence-corrected chi connectivity index (χ3v) is 5.46. The molecule has 1 aromatic heterocycles. The molecule has 25 heavy (non-hydrogen) atoms. The molecule has 0 aliphatic heterocycles. The van der Waals surface area contributed by atoms with Gasteiger partial charge in [0.25, 0.3) is 0 Å². The third-order valence-electron chi connectivity index (χ3n) is 5.46. The summed E-state index contributed by atoms with van der Waals surface area (Å²) in [6.07, 6.45) is 7.11. The van der Waals surface area contributed by atoms with Gasteiger partial charge >= 0.3 is 0 Å². The maximum Gasteiger partial charge on any atom is 0.111 e. The lowest BCUT2D eigenvalue weighted by Crippen LogP contribution is -2.28. The molecule has 0 amide bonds. The van der Waals surface area contributed by atoms with Gasteiger partial charge in [0.2, 0.25) is 0 Å². The lowest BCUT2D eigenvalue weighted by atomic mass is 10.0. The molecule has 132 valence electrons. The van der Waals surface area contributed by atoms with Crippen LogP contribution in [-0.2, 0) is 4.84 Å². The molecule has 1 aromatic carbocycles. The van der Waals surface area contributed by atoms with Crippen molar-refractivity contribution < 1.29 is 4.84 Å². The molecule has 0 saturated heterocycles. The number of aryl methyl sites for hydroxylation is 1. The summed E-state index contributed by atoms with van der Waals surface area (Å²) in [6, 6.07) is 6.91. The molecule has 0 spiro atoms. The highest BCUT2D eigenvalue weighted by atomic mass is 16.7. The van der Waals surface area contributed by atoms with E-state index in [9.17, 15) is 5.26 Å². The second-order valence-electron chi connectivity index (χ2n) is 7.68. The molecule has 1 N–H and O–H groups in total. The van der Waals surface area contributed by atoms with E-state index in [1.165, 1.54) is 31.2 Å². The zero-order valence-corrected chi connectivity index (χ0v) is 15.6. The van der Waals surface area contributed by atoms with Gasteiger partial charge in [-0.15, -0.1) is 0 Å². The van der Waals surface area contributed by atoms with Crippen LogP contribution in [0.4, 0.5) is 5.69 Å². The average Bonchev–Trinajstić information content (AvgIpc) is 3.19. The van der Waals surface area contributed by atoms with E-state index < -0.39 is 5.60 Å². The molecule has 0 bridgehead atoms. The minimum absolute atomic E-state index is 0.468. The summed E-state index contributed by atoms with van der Waals surface area (Å²) >= 11 is 0. The number of nitrogens with one attached hydrogen (secondary N) is 1. The highest BCUT2D eigenvalue weighted by Gasteiger charge is 2.24. The molecule has 1 saturated carbocycles. The molecule has 3 rings (SSSR count). The number of hydrogen-bond donors (Lipinski definition) is 1. The van der Waals surface area contributed by atoms with Gasteiger partial charge in [-0.3, -0.25) is 10.3 Å². The van der Waals surface area contributed by atoms with E-state index in [2.05, 4.69) is 35.0 Å². The van der Waals surface area contributed by atoms with Crippen LogP contribution in [0, 0.1) is 18.3 Å². The first-order valence-electron chi connectivity index (χ1n) is 8.99. The molecular formula is C21H27N3O. The van der Waals surface area contributed by atoms with E-state index >= 15 is 0 Å². The number of aromatic nitrogens is 1. The molecule has 1 aliphatic rings. The Labute approximate surface area is 150 Å². The van der Waals surface area contributed by atoms with Crippen LogP contribution in [0.25, 0.3) is 10.9 Å².